The summed E-state index contributed by atoms with van der Waals surface area (Å²) in [6.45, 7) is 6.82. The van der Waals surface area contributed by atoms with Crippen molar-refractivity contribution in [3.8, 4) is 6.07 Å². The number of nitrogens with zero attached hydrogens (tertiary/aromatic N) is 1. The van der Waals surface area contributed by atoms with E-state index in [-0.39, 0.29) is 0 Å². The van der Waals surface area contributed by atoms with Crippen molar-refractivity contribution >= 4 is 5.69 Å². The zero-order valence-corrected chi connectivity index (χ0v) is 20.4. The van der Waals surface area contributed by atoms with E-state index in [2.05, 4.69) is 31.3 Å². The van der Waals surface area contributed by atoms with Gasteiger partial charge in [-0.2, -0.15) is 5.26 Å². The average Bonchev–Trinajstić information content (AvgIpc) is 3.14. The van der Waals surface area contributed by atoms with E-state index in [0.29, 0.717) is 5.41 Å². The van der Waals surface area contributed by atoms with Gasteiger partial charge in [-0.1, -0.05) is 6.92 Å². The molecule has 0 aliphatic heterocycles. The Morgan fingerprint density at radius 2 is 1.91 bits per heavy atom. The van der Waals surface area contributed by atoms with E-state index in [1.807, 2.05) is 19.2 Å². The Balaban J connectivity index is 1.24. The second-order valence-corrected chi connectivity index (χ2v) is 11.9. The van der Waals surface area contributed by atoms with Gasteiger partial charge in [-0.3, -0.25) is 0 Å². The number of fused-ring (bicyclic) bond motifs is 5. The monoisotopic (exact) mass is 434 g/mol. The lowest BCUT2D eigenvalue weighted by Crippen LogP contribution is -2.49. The summed E-state index contributed by atoms with van der Waals surface area (Å²) in [7, 11) is 1.87. The number of nitrogens with one attached hydrogen (secondary N) is 1. The molecule has 0 aromatic heterocycles. The molecule has 4 aliphatic rings. The highest BCUT2D eigenvalue weighted by Crippen LogP contribution is 2.64. The maximum atomic E-state index is 9.15. The van der Waals surface area contributed by atoms with E-state index in [4.69, 9.17) is 10.00 Å². The van der Waals surface area contributed by atoms with Crippen molar-refractivity contribution in [2.24, 2.45) is 46.8 Å². The van der Waals surface area contributed by atoms with Crippen LogP contribution in [0.1, 0.15) is 75.8 Å². The minimum atomic E-state index is 0.509. The summed E-state index contributed by atoms with van der Waals surface area (Å²) in [6, 6.07) is 8.30. The van der Waals surface area contributed by atoms with Gasteiger partial charge in [0.15, 0.2) is 0 Å². The summed E-state index contributed by atoms with van der Waals surface area (Å²) >= 11 is 0. The minimum Gasteiger partial charge on any atom is -0.385 e. The van der Waals surface area contributed by atoms with Crippen LogP contribution in [-0.4, -0.2) is 20.3 Å². The standard InChI is InChI=1S/C29H42N2O/c1-19-14-20(16-30)5-11-28(19)31-17-23-7-10-27-26-9-6-22-15-21(18-32-3)4-8-24(22)25(26)12-13-29(23,27)2/h5,11,14,21-27,31H,4,6-10,12-13,15,17-18H2,1-3H3/t21-,22+,23+,24-,25?,26+,27?,29+/m0/s1. The third-order valence-corrected chi connectivity index (χ3v) is 10.6. The number of methoxy groups -OCH3 is 1. The van der Waals surface area contributed by atoms with Gasteiger partial charge in [-0.15, -0.1) is 0 Å². The van der Waals surface area contributed by atoms with Gasteiger partial charge in [0.05, 0.1) is 11.6 Å². The van der Waals surface area contributed by atoms with Crippen LogP contribution in [0.5, 0.6) is 0 Å². The number of benzene rings is 1. The zero-order chi connectivity index (χ0) is 22.3. The molecular weight excluding hydrogens is 392 g/mol. The number of hydrogen-bond acceptors (Lipinski definition) is 3. The largest absolute Gasteiger partial charge is 0.385 e. The van der Waals surface area contributed by atoms with Crippen LogP contribution in [0.4, 0.5) is 5.69 Å². The summed E-state index contributed by atoms with van der Waals surface area (Å²) in [5.41, 5.74) is 3.66. The normalized spacial score (nSPS) is 40.6. The van der Waals surface area contributed by atoms with Crippen molar-refractivity contribution < 1.29 is 4.74 Å². The fourth-order valence-electron chi connectivity index (χ4n) is 8.95. The molecule has 1 aromatic carbocycles. The van der Waals surface area contributed by atoms with E-state index < -0.39 is 0 Å². The number of aryl methyl sites for hydroxylation is 1. The molecule has 8 atom stereocenters. The molecule has 3 nitrogen and oxygen atoms in total. The summed E-state index contributed by atoms with van der Waals surface area (Å²) < 4.78 is 5.50. The predicted molar refractivity (Wildman–Crippen MR) is 130 cm³/mol. The van der Waals surface area contributed by atoms with Crippen molar-refractivity contribution in [1.29, 1.82) is 5.26 Å². The van der Waals surface area contributed by atoms with Gasteiger partial charge < -0.3 is 10.1 Å². The quantitative estimate of drug-likeness (QED) is 0.553. The average molecular weight is 435 g/mol. The number of nitriles is 1. The summed E-state index contributed by atoms with van der Waals surface area (Å²) in [6.07, 6.45) is 13.0. The molecule has 0 radical (unpaired) electrons. The molecule has 0 bridgehead atoms. The highest BCUT2D eigenvalue weighted by atomic mass is 16.5. The lowest BCUT2D eigenvalue weighted by molar-refractivity contribution is -0.0704. The highest BCUT2D eigenvalue weighted by Gasteiger charge is 2.56. The van der Waals surface area contributed by atoms with Crippen LogP contribution >= 0.6 is 0 Å². The topological polar surface area (TPSA) is 45.0 Å². The van der Waals surface area contributed by atoms with Crippen LogP contribution in [0.15, 0.2) is 18.2 Å². The van der Waals surface area contributed by atoms with Crippen LogP contribution < -0.4 is 5.32 Å². The maximum absolute atomic E-state index is 9.15. The molecule has 2 unspecified atom stereocenters. The van der Waals surface area contributed by atoms with Crippen molar-refractivity contribution in [3.63, 3.8) is 0 Å². The maximum Gasteiger partial charge on any atom is 0.0991 e. The Hall–Kier alpha value is -1.53. The molecule has 4 saturated carbocycles. The number of rotatable bonds is 5. The van der Waals surface area contributed by atoms with Crippen LogP contribution in [0.25, 0.3) is 0 Å². The molecule has 0 amide bonds. The molecule has 0 spiro atoms. The fraction of sp³-hybridized carbons (Fsp3) is 0.759. The Bertz CT molecular complexity index is 859. The zero-order valence-electron chi connectivity index (χ0n) is 20.4. The van der Waals surface area contributed by atoms with Crippen molar-refractivity contribution in [2.75, 3.05) is 25.6 Å². The van der Waals surface area contributed by atoms with Crippen LogP contribution in [0.2, 0.25) is 0 Å². The van der Waals surface area contributed by atoms with E-state index in [1.165, 1.54) is 69.0 Å². The molecule has 174 valence electrons. The Kier molecular flexibility index (Phi) is 6.28. The smallest absolute Gasteiger partial charge is 0.0991 e. The second-order valence-electron chi connectivity index (χ2n) is 11.9. The summed E-state index contributed by atoms with van der Waals surface area (Å²) in [4.78, 5) is 0. The van der Waals surface area contributed by atoms with Crippen LogP contribution in [-0.2, 0) is 4.74 Å². The molecule has 5 rings (SSSR count). The predicted octanol–water partition coefficient (Wildman–Crippen LogP) is 6.81. The highest BCUT2D eigenvalue weighted by molar-refractivity contribution is 5.54. The molecule has 0 heterocycles. The summed E-state index contributed by atoms with van der Waals surface area (Å²) in [5.74, 6) is 6.50. The van der Waals surface area contributed by atoms with Gasteiger partial charge in [0.1, 0.15) is 0 Å². The first-order valence-electron chi connectivity index (χ1n) is 13.3. The fourth-order valence-corrected chi connectivity index (χ4v) is 8.95. The molecule has 0 saturated heterocycles. The van der Waals surface area contributed by atoms with Gasteiger partial charge >= 0.3 is 0 Å². The van der Waals surface area contributed by atoms with Gasteiger partial charge in [0.2, 0.25) is 0 Å². The van der Waals surface area contributed by atoms with E-state index in [9.17, 15) is 0 Å². The minimum absolute atomic E-state index is 0.509. The molecule has 1 N–H and O–H groups in total. The van der Waals surface area contributed by atoms with Crippen molar-refractivity contribution in [3.05, 3.63) is 29.3 Å². The first-order valence-corrected chi connectivity index (χ1v) is 13.3. The van der Waals surface area contributed by atoms with Gasteiger partial charge in [0, 0.05) is 25.9 Å². The van der Waals surface area contributed by atoms with E-state index in [0.717, 1.165) is 60.1 Å². The molecule has 1 aromatic rings. The first kappa shape index (κ1) is 22.3. The van der Waals surface area contributed by atoms with Crippen LogP contribution in [0, 0.1) is 65.1 Å². The third-order valence-electron chi connectivity index (χ3n) is 10.6. The molecule has 3 heteroatoms. The molecule has 4 aliphatic carbocycles. The van der Waals surface area contributed by atoms with Crippen molar-refractivity contribution in [2.45, 2.75) is 71.6 Å². The van der Waals surface area contributed by atoms with Crippen LogP contribution in [0.3, 0.4) is 0 Å². The van der Waals surface area contributed by atoms with Gasteiger partial charge in [-0.05, 0) is 135 Å². The lowest BCUT2D eigenvalue weighted by atomic mass is 9.49. The molecule has 32 heavy (non-hydrogen) atoms. The van der Waals surface area contributed by atoms with Crippen molar-refractivity contribution in [1.82, 2.24) is 0 Å². The second kappa shape index (κ2) is 9.02. The Morgan fingerprint density at radius 1 is 1.06 bits per heavy atom. The number of anilines is 1. The summed E-state index contributed by atoms with van der Waals surface area (Å²) in [5, 5.41) is 12.9. The van der Waals surface area contributed by atoms with Gasteiger partial charge in [-0.25, -0.2) is 0 Å². The first-order chi connectivity index (χ1) is 15.5. The van der Waals surface area contributed by atoms with E-state index >= 15 is 0 Å². The lowest BCUT2D eigenvalue weighted by Gasteiger charge is -2.56. The molecule has 4 fully saturated rings. The van der Waals surface area contributed by atoms with E-state index in [1.54, 1.807) is 0 Å². The number of hydrogen-bond donors (Lipinski definition) is 1. The third kappa shape index (κ3) is 3.87. The Labute approximate surface area is 195 Å². The SMILES string of the molecule is COC[C@H]1CC[C@@H]2C3CC[C@@]4(C)C(CC[C@@H]4CNc4ccc(C#N)cc4C)[C@@H]3CC[C@@H]2C1. The Morgan fingerprint density at radius 3 is 2.69 bits per heavy atom. The van der Waals surface area contributed by atoms with Gasteiger partial charge in [0.25, 0.3) is 0 Å². The molecular formula is C29H42N2O. The number of ether oxygens (including phenoxy) is 1.